The van der Waals surface area contributed by atoms with Gasteiger partial charge in [0.05, 0.1) is 10.5 Å². The molecule has 0 aromatic heterocycles. The van der Waals surface area contributed by atoms with E-state index in [4.69, 9.17) is 4.99 Å². The van der Waals surface area contributed by atoms with Crippen LogP contribution in [0.2, 0.25) is 0 Å². The summed E-state index contributed by atoms with van der Waals surface area (Å²) < 4.78 is 23.7. The molecule has 2 rings (SSSR count). The van der Waals surface area contributed by atoms with Gasteiger partial charge in [-0.25, -0.2) is 8.42 Å². The summed E-state index contributed by atoms with van der Waals surface area (Å²) in [7, 11) is -3.02. The second kappa shape index (κ2) is 8.71. The molecule has 2 saturated heterocycles. The van der Waals surface area contributed by atoms with E-state index in [0.29, 0.717) is 19.1 Å². The summed E-state index contributed by atoms with van der Waals surface area (Å²) in [4.78, 5) is 9.45. The van der Waals surface area contributed by atoms with Crippen molar-refractivity contribution in [2.75, 3.05) is 45.0 Å². The number of nitrogens with zero attached hydrogens (tertiary/aromatic N) is 3. The molecular formula is C18H36N4O2S. The molecule has 25 heavy (non-hydrogen) atoms. The lowest BCUT2D eigenvalue weighted by atomic mass is 10.0. The minimum Gasteiger partial charge on any atom is -0.357 e. The number of hydrogen-bond donors (Lipinski definition) is 1. The molecule has 0 aromatic rings. The summed E-state index contributed by atoms with van der Waals surface area (Å²) in [6, 6.07) is 0.694. The number of rotatable bonds is 5. The van der Waals surface area contributed by atoms with E-state index in [1.54, 1.807) is 0 Å². The van der Waals surface area contributed by atoms with E-state index in [9.17, 15) is 8.42 Å². The van der Waals surface area contributed by atoms with E-state index in [1.165, 1.54) is 25.8 Å². The van der Waals surface area contributed by atoms with E-state index in [2.05, 4.69) is 29.0 Å². The molecule has 2 aliphatic rings. The Kier molecular flexibility index (Phi) is 7.14. The van der Waals surface area contributed by atoms with Crippen LogP contribution in [-0.4, -0.2) is 80.0 Å². The van der Waals surface area contributed by atoms with Gasteiger partial charge in [0, 0.05) is 38.8 Å². The van der Waals surface area contributed by atoms with Crippen LogP contribution in [0.4, 0.5) is 0 Å². The third kappa shape index (κ3) is 5.33. The predicted molar refractivity (Wildman–Crippen MR) is 105 cm³/mol. The van der Waals surface area contributed by atoms with Crippen LogP contribution in [0.1, 0.15) is 53.4 Å². The number of sulfone groups is 1. The van der Waals surface area contributed by atoms with Gasteiger partial charge in [-0.15, -0.1) is 0 Å². The zero-order chi connectivity index (χ0) is 18.5. The van der Waals surface area contributed by atoms with Gasteiger partial charge in [-0.2, -0.15) is 0 Å². The van der Waals surface area contributed by atoms with Crippen LogP contribution in [0.25, 0.3) is 0 Å². The van der Waals surface area contributed by atoms with E-state index < -0.39 is 14.6 Å². The van der Waals surface area contributed by atoms with Crippen molar-refractivity contribution in [3.8, 4) is 0 Å². The first-order chi connectivity index (χ1) is 11.8. The van der Waals surface area contributed by atoms with Gasteiger partial charge in [0.15, 0.2) is 15.8 Å². The van der Waals surface area contributed by atoms with Crippen LogP contribution in [0.3, 0.4) is 0 Å². The van der Waals surface area contributed by atoms with Crippen molar-refractivity contribution in [2.45, 2.75) is 64.2 Å². The quantitative estimate of drug-likeness (QED) is 0.452. The van der Waals surface area contributed by atoms with E-state index in [0.717, 1.165) is 32.0 Å². The van der Waals surface area contributed by atoms with Crippen molar-refractivity contribution in [2.24, 2.45) is 4.99 Å². The molecule has 2 heterocycles. The maximum absolute atomic E-state index is 12.2. The number of hydrogen-bond acceptors (Lipinski definition) is 4. The highest BCUT2D eigenvalue weighted by Crippen LogP contribution is 2.23. The van der Waals surface area contributed by atoms with Gasteiger partial charge in [0.25, 0.3) is 0 Å². The van der Waals surface area contributed by atoms with Crippen LogP contribution >= 0.6 is 0 Å². The smallest absolute Gasteiger partial charge is 0.193 e. The average Bonchev–Trinajstić information content (AvgIpc) is 2.54. The van der Waals surface area contributed by atoms with E-state index >= 15 is 0 Å². The molecule has 0 radical (unpaired) electrons. The molecule has 146 valence electrons. The fourth-order valence-electron chi connectivity index (χ4n) is 3.70. The molecule has 7 heteroatoms. The van der Waals surface area contributed by atoms with Crippen molar-refractivity contribution in [1.29, 1.82) is 0 Å². The minimum atomic E-state index is -3.02. The van der Waals surface area contributed by atoms with Crippen molar-refractivity contribution in [1.82, 2.24) is 15.1 Å². The lowest BCUT2D eigenvalue weighted by Crippen LogP contribution is -2.57. The monoisotopic (exact) mass is 372 g/mol. The molecule has 0 aromatic carbocycles. The Balaban J connectivity index is 1.90. The average molecular weight is 373 g/mol. The Morgan fingerprint density at radius 3 is 2.68 bits per heavy atom. The van der Waals surface area contributed by atoms with E-state index in [-0.39, 0.29) is 5.75 Å². The van der Waals surface area contributed by atoms with Gasteiger partial charge in [0.2, 0.25) is 0 Å². The highest BCUT2D eigenvalue weighted by molar-refractivity contribution is 7.92. The highest BCUT2D eigenvalue weighted by Gasteiger charge is 2.40. The second-order valence-electron chi connectivity index (χ2n) is 7.97. The Bertz CT molecular complexity index is 559. The molecule has 1 unspecified atom stereocenters. The second-order valence-corrected chi connectivity index (χ2v) is 10.7. The molecule has 1 atom stereocenters. The maximum Gasteiger partial charge on any atom is 0.193 e. The van der Waals surface area contributed by atoms with Gasteiger partial charge in [-0.05, 0) is 53.5 Å². The van der Waals surface area contributed by atoms with Gasteiger partial charge >= 0.3 is 0 Å². The van der Waals surface area contributed by atoms with Crippen LogP contribution in [-0.2, 0) is 9.84 Å². The third-order valence-corrected chi connectivity index (χ3v) is 8.02. The molecule has 2 fully saturated rings. The van der Waals surface area contributed by atoms with Crippen LogP contribution < -0.4 is 5.32 Å². The summed E-state index contributed by atoms with van der Waals surface area (Å²) >= 11 is 0. The van der Waals surface area contributed by atoms with Crippen molar-refractivity contribution >= 4 is 15.8 Å². The lowest BCUT2D eigenvalue weighted by Gasteiger charge is -2.39. The summed E-state index contributed by atoms with van der Waals surface area (Å²) in [5, 5.41) is 3.33. The zero-order valence-electron chi connectivity index (χ0n) is 16.4. The SMILES string of the molecule is CCNC(=NCCCN1CCCCC1C)N1CCS(=O)(=O)C(C)(C)C1. The maximum atomic E-state index is 12.2. The molecule has 0 bridgehead atoms. The first kappa shape index (κ1) is 20.5. The Hall–Kier alpha value is -0.820. The fraction of sp³-hybridized carbons (Fsp3) is 0.944. The minimum absolute atomic E-state index is 0.204. The number of likely N-dealkylation sites (tertiary alicyclic amines) is 1. The first-order valence-electron chi connectivity index (χ1n) is 9.76. The van der Waals surface area contributed by atoms with Gasteiger partial charge in [0.1, 0.15) is 0 Å². The first-order valence-corrected chi connectivity index (χ1v) is 11.4. The molecule has 6 nitrogen and oxygen atoms in total. The number of piperidine rings is 1. The topological polar surface area (TPSA) is 65.0 Å². The fourth-order valence-corrected chi connectivity index (χ4v) is 5.06. The third-order valence-electron chi connectivity index (χ3n) is 5.48. The summed E-state index contributed by atoms with van der Waals surface area (Å²) in [5.74, 6) is 1.06. The van der Waals surface area contributed by atoms with E-state index in [1.807, 2.05) is 13.8 Å². The van der Waals surface area contributed by atoms with Crippen molar-refractivity contribution in [3.05, 3.63) is 0 Å². The lowest BCUT2D eigenvalue weighted by molar-refractivity contribution is 0.160. The zero-order valence-corrected chi connectivity index (χ0v) is 17.2. The number of guanidine groups is 1. The molecule has 0 amide bonds. The van der Waals surface area contributed by atoms with Gasteiger partial charge in [-0.3, -0.25) is 4.99 Å². The van der Waals surface area contributed by atoms with Crippen molar-refractivity contribution < 1.29 is 8.42 Å². The van der Waals surface area contributed by atoms with Crippen molar-refractivity contribution in [3.63, 3.8) is 0 Å². The van der Waals surface area contributed by atoms with Crippen LogP contribution in [0.5, 0.6) is 0 Å². The van der Waals surface area contributed by atoms with Gasteiger partial charge < -0.3 is 15.1 Å². The summed E-state index contributed by atoms with van der Waals surface area (Å²) in [6.07, 6.45) is 5.03. The normalized spacial score (nSPS) is 27.3. The number of aliphatic imine (C=N–C) groups is 1. The molecule has 2 aliphatic heterocycles. The highest BCUT2D eigenvalue weighted by atomic mass is 32.2. The molecule has 0 aliphatic carbocycles. The van der Waals surface area contributed by atoms with Crippen LogP contribution in [0.15, 0.2) is 4.99 Å². The standard InChI is InChI=1S/C18H36N4O2S/c1-5-19-17(22-13-14-25(23,24)18(3,4)15-22)20-10-8-12-21-11-7-6-9-16(21)2/h16H,5-15H2,1-4H3,(H,19,20). The van der Waals surface area contributed by atoms with Gasteiger partial charge in [-0.1, -0.05) is 6.42 Å². The summed E-state index contributed by atoms with van der Waals surface area (Å²) in [6.45, 7) is 12.9. The largest absolute Gasteiger partial charge is 0.357 e. The molecular weight excluding hydrogens is 336 g/mol. The Labute approximate surface area is 154 Å². The van der Waals surface area contributed by atoms with Crippen LogP contribution in [0, 0.1) is 0 Å². The molecule has 0 saturated carbocycles. The Morgan fingerprint density at radius 2 is 2.04 bits per heavy atom. The molecule has 0 spiro atoms. The Morgan fingerprint density at radius 1 is 1.28 bits per heavy atom. The molecule has 1 N–H and O–H groups in total. The summed E-state index contributed by atoms with van der Waals surface area (Å²) in [5.41, 5.74) is 0. The predicted octanol–water partition coefficient (Wildman–Crippen LogP) is 1.73. The number of nitrogens with one attached hydrogen (secondary N) is 1.